The van der Waals surface area contributed by atoms with Crippen LogP contribution in [0.5, 0.6) is 5.75 Å². The predicted molar refractivity (Wildman–Crippen MR) is 104 cm³/mol. The molecule has 4 aliphatic rings. The van der Waals surface area contributed by atoms with Crippen LogP contribution in [0.1, 0.15) is 50.0 Å². The minimum absolute atomic E-state index is 0.0869. The van der Waals surface area contributed by atoms with Gasteiger partial charge in [-0.1, -0.05) is 12.1 Å². The zero-order chi connectivity index (χ0) is 19.4. The van der Waals surface area contributed by atoms with E-state index in [1.807, 2.05) is 0 Å². The molecular formula is C22H30N2O4. The maximum absolute atomic E-state index is 12.8. The van der Waals surface area contributed by atoms with Gasteiger partial charge in [0, 0.05) is 24.5 Å². The Morgan fingerprint density at radius 3 is 2.43 bits per heavy atom. The zero-order valence-electron chi connectivity index (χ0n) is 16.5. The second-order valence-corrected chi connectivity index (χ2v) is 9.40. The van der Waals surface area contributed by atoms with Gasteiger partial charge >= 0.3 is 0 Å². The number of likely N-dealkylation sites (tertiary alicyclic amines) is 1. The van der Waals surface area contributed by atoms with Gasteiger partial charge in [-0.3, -0.25) is 10.1 Å². The minimum atomic E-state index is -0.872. The van der Waals surface area contributed by atoms with Crippen molar-refractivity contribution in [2.45, 2.75) is 56.4 Å². The smallest absolute Gasteiger partial charge is 0.225 e. The number of ether oxygens (including phenoxy) is 2. The maximum Gasteiger partial charge on any atom is 0.225 e. The summed E-state index contributed by atoms with van der Waals surface area (Å²) in [6.45, 7) is 2.29. The molecule has 2 aliphatic heterocycles. The van der Waals surface area contributed by atoms with Gasteiger partial charge in [-0.2, -0.15) is 0 Å². The Labute approximate surface area is 166 Å². The van der Waals surface area contributed by atoms with Crippen LogP contribution in [0.2, 0.25) is 0 Å². The number of aliphatic hydroxyl groups excluding tert-OH is 1. The Morgan fingerprint density at radius 2 is 1.86 bits per heavy atom. The van der Waals surface area contributed by atoms with Crippen molar-refractivity contribution < 1.29 is 19.4 Å². The molecule has 2 saturated carbocycles. The Hall–Kier alpha value is -1.63. The number of hydrogen-bond acceptors (Lipinski definition) is 5. The Kier molecular flexibility index (Phi) is 4.41. The van der Waals surface area contributed by atoms with Crippen LogP contribution in [-0.4, -0.2) is 54.7 Å². The quantitative estimate of drug-likeness (QED) is 0.834. The minimum Gasteiger partial charge on any atom is -0.497 e. The van der Waals surface area contributed by atoms with Crippen LogP contribution in [0, 0.1) is 11.3 Å². The number of nitrogens with one attached hydrogen (secondary N) is 1. The zero-order valence-corrected chi connectivity index (χ0v) is 16.5. The van der Waals surface area contributed by atoms with Crippen molar-refractivity contribution in [2.24, 2.45) is 11.3 Å². The highest BCUT2D eigenvalue weighted by Crippen LogP contribution is 2.57. The molecule has 0 bridgehead atoms. The number of carbonyl (C=O) groups is 1. The molecule has 1 aromatic carbocycles. The molecule has 2 saturated heterocycles. The lowest BCUT2D eigenvalue weighted by Gasteiger charge is -2.53. The molecule has 28 heavy (non-hydrogen) atoms. The fourth-order valence-electron chi connectivity index (χ4n) is 5.84. The van der Waals surface area contributed by atoms with Crippen LogP contribution in [0.3, 0.4) is 0 Å². The number of nitrogens with zero attached hydrogens (tertiary/aromatic N) is 1. The first-order valence-corrected chi connectivity index (χ1v) is 10.5. The summed E-state index contributed by atoms with van der Waals surface area (Å²) in [5.41, 5.74) is 1.68. The van der Waals surface area contributed by atoms with Gasteiger partial charge in [-0.25, -0.2) is 0 Å². The molecule has 4 fully saturated rings. The molecule has 6 nitrogen and oxygen atoms in total. The fraction of sp³-hybridized carbons (Fsp3) is 0.682. The molecule has 2 N–H and O–H groups in total. The summed E-state index contributed by atoms with van der Waals surface area (Å²) in [5, 5.41) is 12.6. The highest BCUT2D eigenvalue weighted by atomic mass is 16.6. The Morgan fingerprint density at radius 1 is 1.18 bits per heavy atom. The second kappa shape index (κ2) is 6.71. The lowest BCUT2D eigenvalue weighted by molar-refractivity contribution is -0.144. The molecule has 1 atom stereocenters. The molecule has 2 spiro atoms. The molecule has 1 unspecified atom stereocenters. The van der Waals surface area contributed by atoms with E-state index >= 15 is 0 Å². The summed E-state index contributed by atoms with van der Waals surface area (Å²) in [7, 11) is 1.70. The first-order valence-electron chi connectivity index (χ1n) is 10.5. The molecule has 1 amide bonds. The van der Waals surface area contributed by atoms with Gasteiger partial charge in [0.1, 0.15) is 5.75 Å². The van der Waals surface area contributed by atoms with Crippen LogP contribution < -0.4 is 10.1 Å². The normalized spacial score (nSPS) is 30.9. The number of benzene rings is 1. The molecule has 6 heteroatoms. The largest absolute Gasteiger partial charge is 0.497 e. The van der Waals surface area contributed by atoms with E-state index in [2.05, 4.69) is 34.5 Å². The van der Waals surface area contributed by atoms with Crippen LogP contribution in [0.15, 0.2) is 24.3 Å². The van der Waals surface area contributed by atoms with Crippen molar-refractivity contribution in [3.63, 3.8) is 0 Å². The topological polar surface area (TPSA) is 71.0 Å². The van der Waals surface area contributed by atoms with E-state index < -0.39 is 6.41 Å². The molecule has 5 rings (SSSR count). The van der Waals surface area contributed by atoms with Crippen LogP contribution in [0.4, 0.5) is 0 Å². The third-order valence-electron chi connectivity index (χ3n) is 7.65. The third-order valence-corrected chi connectivity index (χ3v) is 7.65. The predicted octanol–water partition coefficient (Wildman–Crippen LogP) is 2.23. The molecular weight excluding hydrogens is 356 g/mol. The first-order chi connectivity index (χ1) is 13.5. The highest BCUT2D eigenvalue weighted by molar-refractivity contribution is 5.80. The summed E-state index contributed by atoms with van der Waals surface area (Å²) >= 11 is 0. The van der Waals surface area contributed by atoms with E-state index in [0.717, 1.165) is 44.5 Å². The standard InChI is InChI=1S/C22H30N2O4/c1-27-18-4-2-15(3-5-18)16-10-21(11-16)6-8-24(9-7-21)19(25)17-12-22(13-17)14-28-20(26)23-22/h2-5,16-17,20,23,26H,6-14H2,1H3/t17-,20?,22+. The number of methoxy groups -OCH3 is 1. The lowest BCUT2D eigenvalue weighted by Crippen LogP contribution is -2.59. The SMILES string of the molecule is COc1ccc(C2CC3(CCN(C(=O)[C@H]4C[C@]5(COC(O)N5)C4)CC3)C2)cc1. The van der Waals surface area contributed by atoms with Gasteiger partial charge in [-0.15, -0.1) is 0 Å². The third kappa shape index (κ3) is 3.11. The van der Waals surface area contributed by atoms with Crippen LogP contribution in [0.25, 0.3) is 0 Å². The van der Waals surface area contributed by atoms with Gasteiger partial charge in [0.25, 0.3) is 0 Å². The van der Waals surface area contributed by atoms with Gasteiger partial charge < -0.3 is 19.5 Å². The van der Waals surface area contributed by atoms with E-state index in [0.29, 0.717) is 23.8 Å². The van der Waals surface area contributed by atoms with E-state index in [1.54, 1.807) is 7.11 Å². The summed E-state index contributed by atoms with van der Waals surface area (Å²) < 4.78 is 10.5. The molecule has 2 aliphatic carbocycles. The van der Waals surface area contributed by atoms with Crippen LogP contribution in [-0.2, 0) is 9.53 Å². The maximum atomic E-state index is 12.8. The second-order valence-electron chi connectivity index (χ2n) is 9.40. The fourth-order valence-corrected chi connectivity index (χ4v) is 5.84. The molecule has 0 aromatic heterocycles. The number of aliphatic hydroxyl groups is 1. The average molecular weight is 386 g/mol. The van der Waals surface area contributed by atoms with Crippen molar-refractivity contribution in [3.05, 3.63) is 29.8 Å². The van der Waals surface area contributed by atoms with Crippen molar-refractivity contribution in [1.29, 1.82) is 0 Å². The molecule has 2 heterocycles. The number of rotatable bonds is 3. The Balaban J connectivity index is 1.10. The number of amides is 1. The number of hydrogen-bond donors (Lipinski definition) is 2. The number of carbonyl (C=O) groups excluding carboxylic acids is 1. The van der Waals surface area contributed by atoms with Crippen molar-refractivity contribution >= 4 is 5.91 Å². The summed E-state index contributed by atoms with van der Waals surface area (Å²) in [5.74, 6) is 1.95. The van der Waals surface area contributed by atoms with E-state index in [4.69, 9.17) is 9.47 Å². The number of piperidine rings is 1. The van der Waals surface area contributed by atoms with Gasteiger partial charge in [-0.05, 0) is 67.6 Å². The Bertz CT molecular complexity index is 727. The van der Waals surface area contributed by atoms with E-state index in [1.165, 1.54) is 18.4 Å². The summed E-state index contributed by atoms with van der Waals surface area (Å²) in [6.07, 6.45) is 5.43. The summed E-state index contributed by atoms with van der Waals surface area (Å²) in [4.78, 5) is 14.9. The highest BCUT2D eigenvalue weighted by Gasteiger charge is 2.53. The lowest BCUT2D eigenvalue weighted by atomic mass is 9.56. The molecule has 0 radical (unpaired) electrons. The van der Waals surface area contributed by atoms with Gasteiger partial charge in [0.05, 0.1) is 13.7 Å². The monoisotopic (exact) mass is 386 g/mol. The van der Waals surface area contributed by atoms with Gasteiger partial charge in [0.15, 0.2) is 0 Å². The average Bonchev–Trinajstić information content (AvgIpc) is 3.07. The van der Waals surface area contributed by atoms with Crippen molar-refractivity contribution in [3.8, 4) is 5.75 Å². The van der Waals surface area contributed by atoms with E-state index in [-0.39, 0.29) is 11.5 Å². The van der Waals surface area contributed by atoms with Crippen molar-refractivity contribution in [2.75, 3.05) is 26.8 Å². The van der Waals surface area contributed by atoms with Crippen molar-refractivity contribution in [1.82, 2.24) is 10.2 Å². The summed E-state index contributed by atoms with van der Waals surface area (Å²) in [6, 6.07) is 8.49. The first kappa shape index (κ1) is 18.4. The van der Waals surface area contributed by atoms with E-state index in [9.17, 15) is 9.90 Å². The molecule has 1 aromatic rings. The molecule has 152 valence electrons. The van der Waals surface area contributed by atoms with Gasteiger partial charge in [0.2, 0.25) is 12.3 Å². The van der Waals surface area contributed by atoms with Crippen LogP contribution >= 0.6 is 0 Å².